The first-order valence-corrected chi connectivity index (χ1v) is 4.59. The molecule has 14 heavy (non-hydrogen) atoms. The zero-order valence-electron chi connectivity index (χ0n) is 7.35. The first kappa shape index (κ1) is 7.91. The number of hydrogen-bond acceptors (Lipinski definition) is 1. The van der Waals surface area contributed by atoms with E-state index in [4.69, 9.17) is 0 Å². The van der Waals surface area contributed by atoms with Gasteiger partial charge in [0.05, 0.1) is 5.52 Å². The fourth-order valence-electron chi connectivity index (χ4n) is 1.61. The van der Waals surface area contributed by atoms with Crippen molar-refractivity contribution in [1.29, 1.82) is 0 Å². The Labute approximate surface area is 79.0 Å². The molecule has 1 heterocycles. The fourth-order valence-corrected chi connectivity index (χ4v) is 1.61. The smallest absolute Gasteiger partial charge is 0.153 e. The zero-order valence-corrected chi connectivity index (χ0v) is 7.35. The number of nitrogens with zero attached hydrogens (tertiary/aromatic N) is 1. The monoisotopic (exact) mass is 194 g/mol. The summed E-state index contributed by atoms with van der Waals surface area (Å²) in [6, 6.07) is 2.14. The maximum atomic E-state index is 13.2. The van der Waals surface area contributed by atoms with Crippen molar-refractivity contribution in [3.63, 3.8) is 0 Å². The van der Waals surface area contributed by atoms with E-state index in [1.54, 1.807) is 0 Å². The van der Waals surface area contributed by atoms with Gasteiger partial charge in [-0.2, -0.15) is 0 Å². The van der Waals surface area contributed by atoms with Crippen molar-refractivity contribution in [2.24, 2.45) is 0 Å². The van der Waals surface area contributed by atoms with Gasteiger partial charge in [0.25, 0.3) is 0 Å². The Kier molecular flexibility index (Phi) is 1.43. The third kappa shape index (κ3) is 1.10. The van der Waals surface area contributed by atoms with Crippen LogP contribution in [0.25, 0.3) is 11.0 Å². The minimum atomic E-state index is -0.594. The molecule has 0 saturated heterocycles. The molecule has 2 nitrogen and oxygen atoms in total. The lowest BCUT2D eigenvalue weighted by Crippen LogP contribution is -1.81. The predicted octanol–water partition coefficient (Wildman–Crippen LogP) is 2.72. The lowest BCUT2D eigenvalue weighted by molar-refractivity contribution is 0.590. The number of rotatable bonds is 1. The highest BCUT2D eigenvalue weighted by Gasteiger charge is 2.27. The number of imidazole rings is 1. The van der Waals surface area contributed by atoms with Crippen LogP contribution in [0.4, 0.5) is 8.78 Å². The van der Waals surface area contributed by atoms with Gasteiger partial charge in [-0.15, -0.1) is 0 Å². The van der Waals surface area contributed by atoms with Crippen molar-refractivity contribution in [2.45, 2.75) is 18.8 Å². The van der Waals surface area contributed by atoms with E-state index in [0.717, 1.165) is 24.7 Å². The highest BCUT2D eigenvalue weighted by Crippen LogP contribution is 2.39. The number of benzene rings is 1. The molecule has 3 rings (SSSR count). The Morgan fingerprint density at radius 3 is 2.79 bits per heavy atom. The Bertz CT molecular complexity index is 500. The van der Waals surface area contributed by atoms with Crippen LogP contribution in [0.5, 0.6) is 0 Å². The van der Waals surface area contributed by atoms with Gasteiger partial charge in [0.2, 0.25) is 0 Å². The van der Waals surface area contributed by atoms with Crippen LogP contribution in [0.15, 0.2) is 12.1 Å². The number of aromatic nitrogens is 2. The SMILES string of the molecule is Fc1cc(F)c2nc(C3CC3)[nH]c2c1. The number of nitrogens with one attached hydrogen (secondary N) is 1. The van der Waals surface area contributed by atoms with Gasteiger partial charge in [-0.3, -0.25) is 0 Å². The number of aromatic amines is 1. The molecule has 0 atom stereocenters. The Morgan fingerprint density at radius 1 is 1.29 bits per heavy atom. The van der Waals surface area contributed by atoms with Crippen LogP contribution in [0.3, 0.4) is 0 Å². The zero-order chi connectivity index (χ0) is 9.71. The number of H-pyrrole nitrogens is 1. The topological polar surface area (TPSA) is 28.7 Å². The van der Waals surface area contributed by atoms with Crippen LogP contribution in [-0.4, -0.2) is 9.97 Å². The lowest BCUT2D eigenvalue weighted by atomic mass is 10.3. The van der Waals surface area contributed by atoms with Crippen LogP contribution in [-0.2, 0) is 0 Å². The molecule has 1 saturated carbocycles. The summed E-state index contributed by atoms with van der Waals surface area (Å²) in [4.78, 5) is 7.07. The maximum absolute atomic E-state index is 13.2. The fraction of sp³-hybridized carbons (Fsp3) is 0.300. The van der Waals surface area contributed by atoms with Crippen LogP contribution >= 0.6 is 0 Å². The predicted molar refractivity (Wildman–Crippen MR) is 48.0 cm³/mol. The van der Waals surface area contributed by atoms with Gasteiger partial charge >= 0.3 is 0 Å². The van der Waals surface area contributed by atoms with E-state index in [-0.39, 0.29) is 5.52 Å². The van der Waals surface area contributed by atoms with Crippen molar-refractivity contribution >= 4 is 11.0 Å². The second-order valence-electron chi connectivity index (χ2n) is 3.68. The van der Waals surface area contributed by atoms with Gasteiger partial charge in [0, 0.05) is 12.0 Å². The van der Waals surface area contributed by atoms with E-state index in [1.165, 1.54) is 6.07 Å². The average Bonchev–Trinajstić information content (AvgIpc) is 2.87. The quantitative estimate of drug-likeness (QED) is 0.742. The van der Waals surface area contributed by atoms with Crippen molar-refractivity contribution in [3.05, 3.63) is 29.6 Å². The molecule has 0 bridgehead atoms. The minimum Gasteiger partial charge on any atom is -0.342 e. The number of halogens is 2. The molecule has 1 aliphatic carbocycles. The Hall–Kier alpha value is -1.45. The normalized spacial score (nSPS) is 16.4. The molecule has 0 unspecified atom stereocenters. The summed E-state index contributed by atoms with van der Waals surface area (Å²) in [5.74, 6) is 0.0403. The van der Waals surface area contributed by atoms with E-state index < -0.39 is 11.6 Å². The summed E-state index contributed by atoms with van der Waals surface area (Å²) < 4.78 is 26.1. The molecule has 0 amide bonds. The highest BCUT2D eigenvalue weighted by atomic mass is 19.1. The molecular weight excluding hydrogens is 186 g/mol. The summed E-state index contributed by atoms with van der Waals surface area (Å²) in [5.41, 5.74) is 0.692. The Morgan fingerprint density at radius 2 is 2.07 bits per heavy atom. The van der Waals surface area contributed by atoms with E-state index in [1.807, 2.05) is 0 Å². The second kappa shape index (κ2) is 2.53. The molecule has 0 spiro atoms. The molecule has 1 aromatic carbocycles. The molecule has 1 fully saturated rings. The van der Waals surface area contributed by atoms with Gasteiger partial charge in [0.15, 0.2) is 5.82 Å². The van der Waals surface area contributed by atoms with Gasteiger partial charge in [-0.25, -0.2) is 13.8 Å². The van der Waals surface area contributed by atoms with Gasteiger partial charge < -0.3 is 4.98 Å². The molecule has 1 aromatic heterocycles. The maximum Gasteiger partial charge on any atom is 0.153 e. The minimum absolute atomic E-state index is 0.244. The summed E-state index contributed by atoms with van der Waals surface area (Å²) in [5, 5.41) is 0. The second-order valence-corrected chi connectivity index (χ2v) is 3.68. The van der Waals surface area contributed by atoms with E-state index in [0.29, 0.717) is 11.4 Å². The first-order valence-electron chi connectivity index (χ1n) is 4.59. The summed E-state index contributed by atoms with van der Waals surface area (Å²) >= 11 is 0. The molecule has 72 valence electrons. The molecule has 1 aliphatic rings. The van der Waals surface area contributed by atoms with Gasteiger partial charge in [0.1, 0.15) is 17.2 Å². The standard InChI is InChI=1S/C10H8F2N2/c11-6-3-7(12)9-8(4-6)13-10(14-9)5-1-2-5/h3-5H,1-2H2,(H,13,14). The Balaban J connectivity index is 2.26. The molecule has 0 aliphatic heterocycles. The van der Waals surface area contributed by atoms with Crippen molar-refractivity contribution in [3.8, 4) is 0 Å². The van der Waals surface area contributed by atoms with Crippen molar-refractivity contribution in [1.82, 2.24) is 9.97 Å². The molecule has 1 N–H and O–H groups in total. The summed E-state index contributed by atoms with van der Waals surface area (Å²) in [7, 11) is 0. The third-order valence-electron chi connectivity index (χ3n) is 2.49. The van der Waals surface area contributed by atoms with E-state index in [9.17, 15) is 8.78 Å². The third-order valence-corrected chi connectivity index (χ3v) is 2.49. The van der Waals surface area contributed by atoms with E-state index in [2.05, 4.69) is 9.97 Å². The van der Waals surface area contributed by atoms with E-state index >= 15 is 0 Å². The molecular formula is C10H8F2N2. The highest BCUT2D eigenvalue weighted by molar-refractivity contribution is 5.76. The van der Waals surface area contributed by atoms with Crippen molar-refractivity contribution in [2.75, 3.05) is 0 Å². The van der Waals surface area contributed by atoms with Gasteiger partial charge in [-0.1, -0.05) is 0 Å². The lowest BCUT2D eigenvalue weighted by Gasteiger charge is -1.90. The molecule has 2 aromatic rings. The van der Waals surface area contributed by atoms with Crippen LogP contribution in [0.1, 0.15) is 24.6 Å². The van der Waals surface area contributed by atoms with Crippen molar-refractivity contribution < 1.29 is 8.78 Å². The number of fused-ring (bicyclic) bond motifs is 1. The first-order chi connectivity index (χ1) is 6.74. The van der Waals surface area contributed by atoms with Crippen LogP contribution < -0.4 is 0 Å². The molecule has 4 heteroatoms. The largest absolute Gasteiger partial charge is 0.342 e. The summed E-state index contributed by atoms with van der Waals surface area (Å²) in [6.45, 7) is 0. The number of hydrogen-bond donors (Lipinski definition) is 1. The molecule has 0 radical (unpaired) electrons. The van der Waals surface area contributed by atoms with Gasteiger partial charge in [-0.05, 0) is 18.9 Å². The van der Waals surface area contributed by atoms with Crippen LogP contribution in [0, 0.1) is 11.6 Å². The average molecular weight is 194 g/mol. The van der Waals surface area contributed by atoms with Crippen LogP contribution in [0.2, 0.25) is 0 Å². The summed E-state index contributed by atoms with van der Waals surface area (Å²) in [6.07, 6.45) is 2.17.